The van der Waals surface area contributed by atoms with Crippen LogP contribution >= 0.6 is 12.4 Å². The number of benzene rings is 1. The molecule has 0 radical (unpaired) electrons. The molecule has 0 saturated carbocycles. The monoisotopic (exact) mass is 374 g/mol. The van der Waals surface area contributed by atoms with Gasteiger partial charge in [0.1, 0.15) is 18.2 Å². The third kappa shape index (κ3) is 4.08. The first-order valence-electron chi connectivity index (χ1n) is 8.73. The molecule has 0 aliphatic carbocycles. The minimum absolute atomic E-state index is 0. The van der Waals surface area contributed by atoms with Gasteiger partial charge in [0.2, 0.25) is 5.91 Å². The standard InChI is InChI=1S/C19H22N4O2.ClH/c24-19(15-11-14-3-1-2-4-17(14)25-13-15)22-18-6-5-16(12-21-18)23-9-7-20-8-10-23;/h1-6,12,15,20H,7-11,13H2,(H,21,22,24);1H. The molecule has 1 amide bonds. The molecular weight excluding hydrogens is 352 g/mol. The maximum absolute atomic E-state index is 12.5. The van der Waals surface area contributed by atoms with Crippen molar-refractivity contribution in [3.8, 4) is 5.75 Å². The topological polar surface area (TPSA) is 66.5 Å². The van der Waals surface area contributed by atoms with E-state index in [1.54, 1.807) is 0 Å². The molecule has 3 heterocycles. The van der Waals surface area contributed by atoms with Gasteiger partial charge in [0.15, 0.2) is 0 Å². The largest absolute Gasteiger partial charge is 0.492 e. The van der Waals surface area contributed by atoms with E-state index in [0.717, 1.165) is 43.2 Å². The Bertz CT molecular complexity index is 747. The maximum Gasteiger partial charge on any atom is 0.232 e. The number of hydrogen-bond acceptors (Lipinski definition) is 5. The van der Waals surface area contributed by atoms with Crippen LogP contribution in [0.2, 0.25) is 0 Å². The molecule has 1 aromatic heterocycles. The summed E-state index contributed by atoms with van der Waals surface area (Å²) in [5, 5.41) is 6.25. The van der Waals surface area contributed by atoms with E-state index in [0.29, 0.717) is 18.8 Å². The Balaban J connectivity index is 0.00000196. The number of halogens is 1. The molecule has 0 spiro atoms. The van der Waals surface area contributed by atoms with Crippen molar-refractivity contribution >= 4 is 29.8 Å². The second-order valence-corrected chi connectivity index (χ2v) is 6.45. The lowest BCUT2D eigenvalue weighted by atomic mass is 9.96. The van der Waals surface area contributed by atoms with E-state index in [4.69, 9.17) is 4.74 Å². The summed E-state index contributed by atoms with van der Waals surface area (Å²) in [4.78, 5) is 19.2. The Labute approximate surface area is 159 Å². The Hall–Kier alpha value is -2.31. The molecule has 26 heavy (non-hydrogen) atoms. The number of nitrogens with one attached hydrogen (secondary N) is 2. The highest BCUT2D eigenvalue weighted by Gasteiger charge is 2.26. The zero-order chi connectivity index (χ0) is 17.1. The number of rotatable bonds is 3. The molecule has 1 aromatic carbocycles. The molecule has 1 unspecified atom stereocenters. The maximum atomic E-state index is 12.5. The summed E-state index contributed by atoms with van der Waals surface area (Å²) in [6.45, 7) is 4.34. The fourth-order valence-electron chi connectivity index (χ4n) is 3.29. The Morgan fingerprint density at radius 3 is 2.77 bits per heavy atom. The van der Waals surface area contributed by atoms with Crippen molar-refractivity contribution in [1.82, 2.24) is 10.3 Å². The molecule has 4 rings (SSSR count). The molecular formula is C19H23ClN4O2. The molecule has 1 saturated heterocycles. The van der Waals surface area contributed by atoms with Crippen molar-refractivity contribution in [3.05, 3.63) is 48.2 Å². The van der Waals surface area contributed by atoms with Gasteiger partial charge in [-0.3, -0.25) is 4.79 Å². The van der Waals surface area contributed by atoms with Gasteiger partial charge in [0.25, 0.3) is 0 Å². The molecule has 2 aliphatic heterocycles. The van der Waals surface area contributed by atoms with Gasteiger partial charge in [-0.05, 0) is 30.2 Å². The number of para-hydroxylation sites is 1. The lowest BCUT2D eigenvalue weighted by molar-refractivity contribution is -0.121. The number of anilines is 2. The van der Waals surface area contributed by atoms with Gasteiger partial charge >= 0.3 is 0 Å². The Kier molecular flexibility index (Phi) is 5.96. The van der Waals surface area contributed by atoms with E-state index in [2.05, 4.69) is 20.5 Å². The smallest absolute Gasteiger partial charge is 0.232 e. The summed E-state index contributed by atoms with van der Waals surface area (Å²) in [6, 6.07) is 11.8. The predicted molar refractivity (Wildman–Crippen MR) is 104 cm³/mol. The summed E-state index contributed by atoms with van der Waals surface area (Å²) in [6.07, 6.45) is 2.52. The van der Waals surface area contributed by atoms with Crippen molar-refractivity contribution in [2.24, 2.45) is 5.92 Å². The van der Waals surface area contributed by atoms with Crippen LogP contribution in [0.5, 0.6) is 5.75 Å². The molecule has 2 aliphatic rings. The van der Waals surface area contributed by atoms with Gasteiger partial charge in [0, 0.05) is 26.2 Å². The van der Waals surface area contributed by atoms with E-state index < -0.39 is 0 Å². The first kappa shape index (κ1) is 18.5. The first-order chi connectivity index (χ1) is 12.3. The quantitative estimate of drug-likeness (QED) is 0.861. The van der Waals surface area contributed by atoms with Crippen LogP contribution in [0.3, 0.4) is 0 Å². The van der Waals surface area contributed by atoms with E-state index in [9.17, 15) is 4.79 Å². The van der Waals surface area contributed by atoms with Gasteiger partial charge in [-0.2, -0.15) is 0 Å². The summed E-state index contributed by atoms with van der Waals surface area (Å²) >= 11 is 0. The Morgan fingerprint density at radius 1 is 1.19 bits per heavy atom. The highest BCUT2D eigenvalue weighted by molar-refractivity contribution is 5.92. The van der Waals surface area contributed by atoms with E-state index in [1.807, 2.05) is 42.6 Å². The zero-order valence-electron chi connectivity index (χ0n) is 14.5. The lowest BCUT2D eigenvalue weighted by Gasteiger charge is -2.29. The second kappa shape index (κ2) is 8.38. The van der Waals surface area contributed by atoms with E-state index in [1.165, 1.54) is 0 Å². The van der Waals surface area contributed by atoms with Crippen molar-refractivity contribution < 1.29 is 9.53 Å². The van der Waals surface area contributed by atoms with Crippen molar-refractivity contribution in [2.75, 3.05) is 43.0 Å². The molecule has 2 N–H and O–H groups in total. The molecule has 0 bridgehead atoms. The van der Waals surface area contributed by atoms with Crippen molar-refractivity contribution in [3.63, 3.8) is 0 Å². The molecule has 2 aromatic rings. The normalized spacial score (nSPS) is 18.9. The number of pyridine rings is 1. The van der Waals surface area contributed by atoms with Crippen LogP contribution in [0.25, 0.3) is 0 Å². The fourth-order valence-corrected chi connectivity index (χ4v) is 3.29. The molecule has 6 nitrogen and oxygen atoms in total. The number of carbonyl (C=O) groups excluding carboxylic acids is 1. The summed E-state index contributed by atoms with van der Waals surface area (Å²) in [7, 11) is 0. The molecule has 1 fully saturated rings. The van der Waals surface area contributed by atoms with Gasteiger partial charge < -0.3 is 20.3 Å². The van der Waals surface area contributed by atoms with Crippen LogP contribution in [0, 0.1) is 5.92 Å². The molecule has 138 valence electrons. The highest BCUT2D eigenvalue weighted by atomic mass is 35.5. The van der Waals surface area contributed by atoms with Gasteiger partial charge in [-0.25, -0.2) is 4.98 Å². The number of nitrogens with zero attached hydrogens (tertiary/aromatic N) is 2. The number of aromatic nitrogens is 1. The molecule has 1 atom stereocenters. The molecule has 7 heteroatoms. The van der Waals surface area contributed by atoms with E-state index in [-0.39, 0.29) is 24.2 Å². The van der Waals surface area contributed by atoms with Crippen LogP contribution < -0.4 is 20.3 Å². The number of carbonyl (C=O) groups is 1. The van der Waals surface area contributed by atoms with Crippen molar-refractivity contribution in [2.45, 2.75) is 6.42 Å². The van der Waals surface area contributed by atoms with Crippen LogP contribution in [-0.2, 0) is 11.2 Å². The number of amides is 1. The Morgan fingerprint density at radius 2 is 2.00 bits per heavy atom. The third-order valence-electron chi connectivity index (χ3n) is 4.73. The fraction of sp³-hybridized carbons (Fsp3) is 0.368. The van der Waals surface area contributed by atoms with Crippen LogP contribution in [0.15, 0.2) is 42.6 Å². The number of piperazine rings is 1. The van der Waals surface area contributed by atoms with Gasteiger partial charge in [0.05, 0.1) is 17.8 Å². The predicted octanol–water partition coefficient (Wildman–Crippen LogP) is 2.10. The number of fused-ring (bicyclic) bond motifs is 1. The SMILES string of the molecule is Cl.O=C(Nc1ccc(N2CCNCC2)cn1)C1COc2ccccc2C1. The van der Waals surface area contributed by atoms with Crippen LogP contribution in [-0.4, -0.2) is 43.7 Å². The van der Waals surface area contributed by atoms with Gasteiger partial charge in [-0.15, -0.1) is 12.4 Å². The lowest BCUT2D eigenvalue weighted by Crippen LogP contribution is -2.43. The van der Waals surface area contributed by atoms with Crippen LogP contribution in [0.1, 0.15) is 5.56 Å². The number of hydrogen-bond donors (Lipinski definition) is 2. The number of ether oxygens (including phenoxy) is 1. The summed E-state index contributed by atoms with van der Waals surface area (Å²) < 4.78 is 5.70. The first-order valence-corrected chi connectivity index (χ1v) is 8.73. The minimum atomic E-state index is -0.190. The van der Waals surface area contributed by atoms with Crippen LogP contribution in [0.4, 0.5) is 11.5 Å². The van der Waals surface area contributed by atoms with E-state index >= 15 is 0 Å². The zero-order valence-corrected chi connectivity index (χ0v) is 15.3. The average Bonchev–Trinajstić information content (AvgIpc) is 2.69. The average molecular weight is 375 g/mol. The second-order valence-electron chi connectivity index (χ2n) is 6.45. The summed E-state index contributed by atoms with van der Waals surface area (Å²) in [5.74, 6) is 1.23. The van der Waals surface area contributed by atoms with Gasteiger partial charge in [-0.1, -0.05) is 18.2 Å². The minimum Gasteiger partial charge on any atom is -0.492 e. The van der Waals surface area contributed by atoms with Crippen molar-refractivity contribution in [1.29, 1.82) is 0 Å². The third-order valence-corrected chi connectivity index (χ3v) is 4.73. The summed E-state index contributed by atoms with van der Waals surface area (Å²) in [5.41, 5.74) is 2.17. The highest BCUT2D eigenvalue weighted by Crippen LogP contribution is 2.27.